The third-order valence-electron chi connectivity index (χ3n) is 3.87. The van der Waals surface area contributed by atoms with Gasteiger partial charge in [-0.05, 0) is 31.4 Å². The van der Waals surface area contributed by atoms with Crippen molar-refractivity contribution in [3.63, 3.8) is 0 Å². The average Bonchev–Trinajstić information content (AvgIpc) is 2.82. The minimum absolute atomic E-state index is 0.0170. The summed E-state index contributed by atoms with van der Waals surface area (Å²) in [6, 6.07) is 9.14. The van der Waals surface area contributed by atoms with E-state index >= 15 is 0 Å². The van der Waals surface area contributed by atoms with Crippen LogP contribution in [0.3, 0.4) is 0 Å². The monoisotopic (exact) mass is 300 g/mol. The largest absolute Gasteiger partial charge is 0.341 e. The van der Waals surface area contributed by atoms with Crippen LogP contribution in [0.1, 0.15) is 38.2 Å². The highest BCUT2D eigenvalue weighted by atomic mass is 16.2. The molecule has 1 aliphatic heterocycles. The molecular weight excluding hydrogens is 276 g/mol. The second kappa shape index (κ2) is 8.37. The van der Waals surface area contributed by atoms with E-state index in [1.807, 2.05) is 35.2 Å². The van der Waals surface area contributed by atoms with Crippen molar-refractivity contribution in [2.45, 2.75) is 38.6 Å². The maximum atomic E-state index is 12.3. The van der Waals surface area contributed by atoms with Crippen molar-refractivity contribution in [2.24, 2.45) is 0 Å². The predicted octanol–water partition coefficient (Wildman–Crippen LogP) is 2.61. The van der Waals surface area contributed by atoms with E-state index in [4.69, 9.17) is 0 Å². The topological polar surface area (TPSA) is 49.4 Å². The average molecular weight is 300 g/mol. The van der Waals surface area contributed by atoms with Crippen LogP contribution < -0.4 is 5.32 Å². The van der Waals surface area contributed by atoms with Crippen LogP contribution in [0, 0.1) is 0 Å². The lowest BCUT2D eigenvalue weighted by Gasteiger charge is -2.24. The van der Waals surface area contributed by atoms with Crippen LogP contribution in [-0.2, 0) is 9.59 Å². The molecule has 1 aliphatic rings. The van der Waals surface area contributed by atoms with Crippen LogP contribution in [0.4, 0.5) is 0 Å². The van der Waals surface area contributed by atoms with Gasteiger partial charge in [0.15, 0.2) is 0 Å². The van der Waals surface area contributed by atoms with Crippen molar-refractivity contribution < 1.29 is 9.59 Å². The smallest absolute Gasteiger partial charge is 0.244 e. The van der Waals surface area contributed by atoms with Crippen molar-refractivity contribution in [3.8, 4) is 0 Å². The predicted molar refractivity (Wildman–Crippen MR) is 88.1 cm³/mol. The molecule has 0 saturated carbocycles. The Kier molecular flexibility index (Phi) is 6.19. The highest BCUT2D eigenvalue weighted by Gasteiger charge is 2.21. The zero-order valence-corrected chi connectivity index (χ0v) is 13.1. The van der Waals surface area contributed by atoms with Crippen molar-refractivity contribution >= 4 is 17.9 Å². The van der Waals surface area contributed by atoms with Crippen LogP contribution >= 0.6 is 0 Å². The lowest BCUT2D eigenvalue weighted by atomic mass is 10.2. The van der Waals surface area contributed by atoms with Gasteiger partial charge in [-0.2, -0.15) is 0 Å². The molecule has 1 atom stereocenters. The van der Waals surface area contributed by atoms with E-state index in [1.54, 1.807) is 13.0 Å². The van der Waals surface area contributed by atoms with Crippen LogP contribution in [-0.4, -0.2) is 35.8 Å². The maximum Gasteiger partial charge on any atom is 0.244 e. The zero-order chi connectivity index (χ0) is 15.8. The molecule has 1 aromatic carbocycles. The van der Waals surface area contributed by atoms with Gasteiger partial charge in [0.1, 0.15) is 6.04 Å². The Balaban J connectivity index is 1.85. The fourth-order valence-electron chi connectivity index (χ4n) is 2.62. The van der Waals surface area contributed by atoms with Gasteiger partial charge >= 0.3 is 0 Å². The van der Waals surface area contributed by atoms with E-state index in [9.17, 15) is 9.59 Å². The quantitative estimate of drug-likeness (QED) is 0.869. The highest BCUT2D eigenvalue weighted by molar-refractivity contribution is 5.95. The molecule has 4 heteroatoms. The molecule has 2 rings (SSSR count). The molecule has 0 radical (unpaired) electrons. The summed E-state index contributed by atoms with van der Waals surface area (Å²) in [5, 5.41) is 2.75. The van der Waals surface area contributed by atoms with Crippen LogP contribution in [0.2, 0.25) is 0 Å². The van der Waals surface area contributed by atoms with Gasteiger partial charge in [0.25, 0.3) is 0 Å². The summed E-state index contributed by atoms with van der Waals surface area (Å²) in [6.45, 7) is 3.36. The normalized spacial score (nSPS) is 17.0. The number of hydrogen-bond donors (Lipinski definition) is 1. The summed E-state index contributed by atoms with van der Waals surface area (Å²) in [5.74, 6) is -0.220. The number of carbonyl (C=O) groups excluding carboxylic acids is 2. The lowest BCUT2D eigenvalue weighted by molar-refractivity contribution is -0.135. The molecule has 4 nitrogen and oxygen atoms in total. The number of benzene rings is 1. The number of rotatable bonds is 4. The summed E-state index contributed by atoms with van der Waals surface area (Å²) in [4.78, 5) is 26.1. The number of hydrogen-bond acceptors (Lipinski definition) is 2. The van der Waals surface area contributed by atoms with E-state index in [-0.39, 0.29) is 11.8 Å². The molecule has 0 aliphatic carbocycles. The molecule has 0 aromatic heterocycles. The van der Waals surface area contributed by atoms with E-state index in [1.165, 1.54) is 18.9 Å². The minimum Gasteiger partial charge on any atom is -0.341 e. The molecule has 1 fully saturated rings. The summed E-state index contributed by atoms with van der Waals surface area (Å²) in [5.41, 5.74) is 0.962. The molecule has 0 bridgehead atoms. The van der Waals surface area contributed by atoms with Gasteiger partial charge in [-0.3, -0.25) is 9.59 Å². The number of nitrogens with one attached hydrogen (secondary N) is 1. The van der Waals surface area contributed by atoms with E-state index in [2.05, 4.69) is 5.32 Å². The molecule has 22 heavy (non-hydrogen) atoms. The maximum absolute atomic E-state index is 12.3. The summed E-state index contributed by atoms with van der Waals surface area (Å²) in [6.07, 6.45) is 7.70. The molecule has 0 spiro atoms. The van der Waals surface area contributed by atoms with E-state index in [0.717, 1.165) is 31.5 Å². The van der Waals surface area contributed by atoms with Gasteiger partial charge in [-0.15, -0.1) is 0 Å². The molecular formula is C18H24N2O2. The Labute approximate surface area is 132 Å². The molecule has 118 valence electrons. The van der Waals surface area contributed by atoms with Crippen LogP contribution in [0.25, 0.3) is 6.08 Å². The zero-order valence-electron chi connectivity index (χ0n) is 13.1. The van der Waals surface area contributed by atoms with Gasteiger partial charge < -0.3 is 10.2 Å². The highest BCUT2D eigenvalue weighted by Crippen LogP contribution is 2.10. The van der Waals surface area contributed by atoms with Gasteiger partial charge in [0.2, 0.25) is 11.8 Å². The summed E-state index contributed by atoms with van der Waals surface area (Å²) < 4.78 is 0. The van der Waals surface area contributed by atoms with Gasteiger partial charge in [-0.25, -0.2) is 0 Å². The van der Waals surface area contributed by atoms with Crippen LogP contribution in [0.5, 0.6) is 0 Å². The number of carbonyl (C=O) groups is 2. The van der Waals surface area contributed by atoms with E-state index < -0.39 is 6.04 Å². The third kappa shape index (κ3) is 5.02. The molecule has 1 heterocycles. The van der Waals surface area contributed by atoms with Crippen molar-refractivity contribution in [1.29, 1.82) is 0 Å². The Bertz CT molecular complexity index is 517. The fraction of sp³-hybridized carbons (Fsp3) is 0.444. The standard InChI is InChI=1S/C18H24N2O2/c1-15(18(22)20-13-7-2-3-8-14-20)19-17(21)12-11-16-9-5-4-6-10-16/h4-6,9-12,15H,2-3,7-8,13-14H2,1H3,(H,19,21)/b12-11+/t15-/m0/s1. The van der Waals surface area contributed by atoms with Gasteiger partial charge in [0.05, 0.1) is 0 Å². The number of likely N-dealkylation sites (tertiary alicyclic amines) is 1. The Morgan fingerprint density at radius 1 is 1.09 bits per heavy atom. The fourth-order valence-corrected chi connectivity index (χ4v) is 2.62. The molecule has 1 N–H and O–H groups in total. The first-order chi connectivity index (χ1) is 10.7. The van der Waals surface area contributed by atoms with Crippen molar-refractivity contribution in [3.05, 3.63) is 42.0 Å². The van der Waals surface area contributed by atoms with Crippen molar-refractivity contribution in [1.82, 2.24) is 10.2 Å². The molecule has 2 amide bonds. The third-order valence-corrected chi connectivity index (χ3v) is 3.87. The van der Waals surface area contributed by atoms with Gasteiger partial charge in [0, 0.05) is 19.2 Å². The number of amides is 2. The lowest BCUT2D eigenvalue weighted by Crippen LogP contribution is -2.46. The van der Waals surface area contributed by atoms with Crippen LogP contribution in [0.15, 0.2) is 36.4 Å². The summed E-state index contributed by atoms with van der Waals surface area (Å²) in [7, 11) is 0. The van der Waals surface area contributed by atoms with Gasteiger partial charge in [-0.1, -0.05) is 43.2 Å². The first kappa shape index (κ1) is 16.3. The SMILES string of the molecule is C[C@H](NC(=O)/C=C/c1ccccc1)C(=O)N1CCCCCC1. The number of nitrogens with zero attached hydrogens (tertiary/aromatic N) is 1. The first-order valence-electron chi connectivity index (χ1n) is 7.99. The minimum atomic E-state index is -0.481. The second-order valence-electron chi connectivity index (χ2n) is 5.71. The van der Waals surface area contributed by atoms with Crippen molar-refractivity contribution in [2.75, 3.05) is 13.1 Å². The second-order valence-corrected chi connectivity index (χ2v) is 5.71. The molecule has 1 saturated heterocycles. The first-order valence-corrected chi connectivity index (χ1v) is 7.99. The molecule has 1 aromatic rings. The van der Waals surface area contributed by atoms with E-state index in [0.29, 0.717) is 0 Å². The summed E-state index contributed by atoms with van der Waals surface area (Å²) >= 11 is 0. The Morgan fingerprint density at radius 3 is 2.36 bits per heavy atom. The molecule has 0 unspecified atom stereocenters. The Morgan fingerprint density at radius 2 is 1.73 bits per heavy atom. The Hall–Kier alpha value is -2.10.